The van der Waals surface area contributed by atoms with E-state index in [9.17, 15) is 4.79 Å². The highest BCUT2D eigenvalue weighted by atomic mass is 16.5. The molecule has 7 heteroatoms. The molecule has 0 radical (unpaired) electrons. The molecule has 0 aliphatic carbocycles. The van der Waals surface area contributed by atoms with Crippen LogP contribution in [0.3, 0.4) is 0 Å². The number of carbonyl (C=O) groups excluding carboxylic acids is 1. The Kier molecular flexibility index (Phi) is 6.23. The number of aryl methyl sites for hydroxylation is 1. The first-order chi connectivity index (χ1) is 13.0. The normalized spacial score (nSPS) is 19.0. The molecule has 0 unspecified atom stereocenters. The first-order valence-electron chi connectivity index (χ1n) is 9.50. The van der Waals surface area contributed by atoms with Gasteiger partial charge in [0.1, 0.15) is 5.69 Å². The quantitative estimate of drug-likeness (QED) is 0.808. The highest BCUT2D eigenvalue weighted by Crippen LogP contribution is 2.31. The van der Waals surface area contributed by atoms with Crippen molar-refractivity contribution in [1.82, 2.24) is 20.1 Å². The van der Waals surface area contributed by atoms with E-state index in [0.29, 0.717) is 31.8 Å². The fourth-order valence-electron chi connectivity index (χ4n) is 3.59. The van der Waals surface area contributed by atoms with Crippen LogP contribution >= 0.6 is 0 Å². The summed E-state index contributed by atoms with van der Waals surface area (Å²) in [5, 5.41) is 7.68. The summed E-state index contributed by atoms with van der Waals surface area (Å²) in [4.78, 5) is 17.5. The van der Waals surface area contributed by atoms with Crippen LogP contribution in [0.1, 0.15) is 59.9 Å². The van der Waals surface area contributed by atoms with Crippen molar-refractivity contribution in [3.8, 4) is 0 Å². The molecule has 0 fully saturated rings. The van der Waals surface area contributed by atoms with Crippen molar-refractivity contribution >= 4 is 5.91 Å². The van der Waals surface area contributed by atoms with Crippen LogP contribution in [0.5, 0.6) is 0 Å². The van der Waals surface area contributed by atoms with E-state index in [4.69, 9.17) is 9.47 Å². The molecule has 0 aromatic carbocycles. The Balaban J connectivity index is 1.86. The molecule has 1 N–H and O–H groups in total. The SMILES string of the molecule is CCc1cccnc1CNC(=O)c1c2c(nn1CCOC)[C@H](C)O[C@H](C)C2. The van der Waals surface area contributed by atoms with Gasteiger partial charge in [0, 0.05) is 25.3 Å². The molecule has 0 saturated heterocycles. The van der Waals surface area contributed by atoms with Crippen LogP contribution in [0.15, 0.2) is 18.3 Å². The van der Waals surface area contributed by atoms with Gasteiger partial charge in [-0.2, -0.15) is 5.10 Å². The molecule has 7 nitrogen and oxygen atoms in total. The van der Waals surface area contributed by atoms with E-state index in [1.807, 2.05) is 26.0 Å². The molecule has 2 atom stereocenters. The lowest BCUT2D eigenvalue weighted by molar-refractivity contribution is -0.00716. The monoisotopic (exact) mass is 372 g/mol. The lowest BCUT2D eigenvalue weighted by Gasteiger charge is -2.24. The molecule has 0 spiro atoms. The maximum atomic E-state index is 13.1. The minimum absolute atomic E-state index is 0.0570. The third-order valence-corrected chi connectivity index (χ3v) is 4.90. The number of nitrogens with one attached hydrogen (secondary N) is 1. The summed E-state index contributed by atoms with van der Waals surface area (Å²) in [5.74, 6) is -0.131. The van der Waals surface area contributed by atoms with Gasteiger partial charge in [0.2, 0.25) is 0 Å². The molecule has 2 aromatic rings. The van der Waals surface area contributed by atoms with Crippen molar-refractivity contribution in [3.63, 3.8) is 0 Å². The average molecular weight is 372 g/mol. The van der Waals surface area contributed by atoms with Crippen molar-refractivity contribution < 1.29 is 14.3 Å². The molecular formula is C20H28N4O3. The predicted octanol–water partition coefficient (Wildman–Crippen LogP) is 2.44. The maximum absolute atomic E-state index is 13.1. The predicted molar refractivity (Wildman–Crippen MR) is 102 cm³/mol. The van der Waals surface area contributed by atoms with E-state index in [-0.39, 0.29) is 18.1 Å². The van der Waals surface area contributed by atoms with Gasteiger partial charge in [0.15, 0.2) is 0 Å². The highest BCUT2D eigenvalue weighted by Gasteiger charge is 2.32. The van der Waals surface area contributed by atoms with E-state index in [1.165, 1.54) is 0 Å². The number of rotatable bonds is 7. The zero-order chi connectivity index (χ0) is 19.4. The summed E-state index contributed by atoms with van der Waals surface area (Å²) in [6.45, 7) is 7.50. The Bertz CT molecular complexity index is 803. The second-order valence-electron chi connectivity index (χ2n) is 6.87. The van der Waals surface area contributed by atoms with Gasteiger partial charge in [-0.15, -0.1) is 0 Å². The van der Waals surface area contributed by atoms with Crippen LogP contribution in [0, 0.1) is 0 Å². The van der Waals surface area contributed by atoms with E-state index in [2.05, 4.69) is 22.3 Å². The van der Waals surface area contributed by atoms with Crippen LogP contribution in [0.2, 0.25) is 0 Å². The molecular weight excluding hydrogens is 344 g/mol. The lowest BCUT2D eigenvalue weighted by atomic mass is 9.99. The standard InChI is InChI=1S/C20H28N4O3/c1-5-15-7-6-8-21-17(15)12-22-20(25)19-16-11-13(2)27-14(3)18(16)23-24(19)9-10-26-4/h6-8,13-14H,5,9-12H2,1-4H3,(H,22,25)/t13-,14+/m1/s1. The van der Waals surface area contributed by atoms with Gasteiger partial charge < -0.3 is 14.8 Å². The third kappa shape index (κ3) is 4.20. The second-order valence-corrected chi connectivity index (χ2v) is 6.87. The largest absolute Gasteiger partial charge is 0.383 e. The number of ether oxygens (including phenoxy) is 2. The molecule has 2 aromatic heterocycles. The van der Waals surface area contributed by atoms with Gasteiger partial charge in [-0.3, -0.25) is 14.5 Å². The summed E-state index contributed by atoms with van der Waals surface area (Å²) in [6.07, 6.45) is 3.25. The van der Waals surface area contributed by atoms with Crippen LogP contribution in [0.25, 0.3) is 0 Å². The van der Waals surface area contributed by atoms with Gasteiger partial charge in [-0.1, -0.05) is 13.0 Å². The smallest absolute Gasteiger partial charge is 0.270 e. The van der Waals surface area contributed by atoms with Crippen LogP contribution in [0.4, 0.5) is 0 Å². The summed E-state index contributed by atoms with van der Waals surface area (Å²) < 4.78 is 12.8. The topological polar surface area (TPSA) is 78.3 Å². The number of pyridine rings is 1. The molecule has 1 amide bonds. The molecule has 1 aliphatic heterocycles. The average Bonchev–Trinajstić information content (AvgIpc) is 3.03. The number of hydrogen-bond acceptors (Lipinski definition) is 5. The number of amides is 1. The number of nitrogens with zero attached hydrogens (tertiary/aromatic N) is 3. The Hall–Kier alpha value is -2.25. The first kappa shape index (κ1) is 19.5. The minimum atomic E-state index is -0.131. The summed E-state index contributed by atoms with van der Waals surface area (Å²) >= 11 is 0. The minimum Gasteiger partial charge on any atom is -0.383 e. The Morgan fingerprint density at radius 2 is 2.26 bits per heavy atom. The Morgan fingerprint density at radius 1 is 1.44 bits per heavy atom. The molecule has 3 rings (SSSR count). The third-order valence-electron chi connectivity index (χ3n) is 4.90. The summed E-state index contributed by atoms with van der Waals surface area (Å²) in [5.41, 5.74) is 4.48. The van der Waals surface area contributed by atoms with Crippen molar-refractivity contribution in [1.29, 1.82) is 0 Å². The van der Waals surface area contributed by atoms with Crippen LogP contribution in [-0.4, -0.2) is 40.5 Å². The maximum Gasteiger partial charge on any atom is 0.270 e. The zero-order valence-corrected chi connectivity index (χ0v) is 16.5. The lowest BCUT2D eigenvalue weighted by Crippen LogP contribution is -2.29. The van der Waals surface area contributed by atoms with Gasteiger partial charge in [0.05, 0.1) is 43.3 Å². The van der Waals surface area contributed by atoms with Crippen LogP contribution < -0.4 is 5.32 Å². The summed E-state index contributed by atoms with van der Waals surface area (Å²) in [7, 11) is 1.64. The molecule has 0 saturated carbocycles. The van der Waals surface area contributed by atoms with Gasteiger partial charge >= 0.3 is 0 Å². The first-order valence-corrected chi connectivity index (χ1v) is 9.50. The molecule has 3 heterocycles. The van der Waals surface area contributed by atoms with E-state index in [1.54, 1.807) is 18.0 Å². The number of fused-ring (bicyclic) bond motifs is 1. The highest BCUT2D eigenvalue weighted by molar-refractivity contribution is 5.94. The molecule has 146 valence electrons. The molecule has 0 bridgehead atoms. The molecule has 1 aliphatic rings. The fraction of sp³-hybridized carbons (Fsp3) is 0.550. The second kappa shape index (κ2) is 8.63. The van der Waals surface area contributed by atoms with Gasteiger partial charge in [0.25, 0.3) is 5.91 Å². The van der Waals surface area contributed by atoms with Crippen molar-refractivity contribution in [2.45, 2.75) is 58.9 Å². The summed E-state index contributed by atoms with van der Waals surface area (Å²) in [6, 6.07) is 3.96. The Morgan fingerprint density at radius 3 is 3.00 bits per heavy atom. The number of aromatic nitrogens is 3. The van der Waals surface area contributed by atoms with E-state index >= 15 is 0 Å². The van der Waals surface area contributed by atoms with Gasteiger partial charge in [-0.05, 0) is 31.9 Å². The van der Waals surface area contributed by atoms with Crippen molar-refractivity contribution in [2.24, 2.45) is 0 Å². The fourth-order valence-corrected chi connectivity index (χ4v) is 3.59. The van der Waals surface area contributed by atoms with Crippen LogP contribution in [-0.2, 0) is 35.4 Å². The zero-order valence-electron chi connectivity index (χ0n) is 16.5. The number of carbonyl (C=O) groups is 1. The molecule has 27 heavy (non-hydrogen) atoms. The van der Waals surface area contributed by atoms with Gasteiger partial charge in [-0.25, -0.2) is 0 Å². The van der Waals surface area contributed by atoms with Crippen molar-refractivity contribution in [3.05, 3.63) is 46.5 Å². The Labute approximate surface area is 160 Å². The number of methoxy groups -OCH3 is 1. The number of hydrogen-bond donors (Lipinski definition) is 1. The van der Waals surface area contributed by atoms with E-state index in [0.717, 1.165) is 28.9 Å². The van der Waals surface area contributed by atoms with Crippen molar-refractivity contribution in [2.75, 3.05) is 13.7 Å². The van der Waals surface area contributed by atoms with E-state index < -0.39 is 0 Å².